The van der Waals surface area contributed by atoms with Gasteiger partial charge in [-0.3, -0.25) is 14.3 Å². The molecule has 0 aliphatic carbocycles. The largest absolute Gasteiger partial charge is 0.341 e. The van der Waals surface area contributed by atoms with Crippen molar-refractivity contribution in [2.75, 3.05) is 13.1 Å². The molecule has 0 saturated carbocycles. The molecule has 0 N–H and O–H groups in total. The minimum atomic E-state index is -0.386. The summed E-state index contributed by atoms with van der Waals surface area (Å²) >= 11 is 1.45. The number of para-hydroxylation sites is 1. The third-order valence-corrected chi connectivity index (χ3v) is 6.72. The monoisotopic (exact) mass is 441 g/mol. The van der Waals surface area contributed by atoms with Crippen molar-refractivity contribution < 1.29 is 4.79 Å². The highest BCUT2D eigenvalue weighted by Gasteiger charge is 2.31. The normalized spacial score (nSPS) is 14.4. The van der Waals surface area contributed by atoms with Gasteiger partial charge in [0.2, 0.25) is 5.91 Å². The summed E-state index contributed by atoms with van der Waals surface area (Å²) in [5.74, 6) is 0.830. The predicted molar refractivity (Wildman–Crippen MR) is 125 cm³/mol. The van der Waals surface area contributed by atoms with Crippen molar-refractivity contribution in [3.8, 4) is 17.1 Å². The second-order valence-corrected chi connectivity index (χ2v) is 8.73. The summed E-state index contributed by atoms with van der Waals surface area (Å²) in [5.41, 5.74) is 2.79. The lowest BCUT2D eigenvalue weighted by Crippen LogP contribution is -2.31. The van der Waals surface area contributed by atoms with E-state index >= 15 is 0 Å². The molecule has 0 unspecified atom stereocenters. The van der Waals surface area contributed by atoms with Crippen molar-refractivity contribution in [2.24, 2.45) is 0 Å². The van der Waals surface area contributed by atoms with E-state index in [0.29, 0.717) is 11.0 Å². The topological polar surface area (TPSA) is 63.9 Å². The summed E-state index contributed by atoms with van der Waals surface area (Å²) in [6.07, 6.45) is 5.64. The minimum Gasteiger partial charge on any atom is -0.341 e. The Kier molecular flexibility index (Phi) is 5.98. The number of amides is 1. The fourth-order valence-electron chi connectivity index (χ4n) is 3.94. The number of nitrogens with zero attached hydrogens (tertiary/aromatic N) is 5. The summed E-state index contributed by atoms with van der Waals surface area (Å²) in [4.78, 5) is 19.7. The van der Waals surface area contributed by atoms with Crippen LogP contribution in [0, 0.1) is 0 Å². The van der Waals surface area contributed by atoms with Gasteiger partial charge in [0.1, 0.15) is 5.25 Å². The molecule has 1 aliphatic rings. The van der Waals surface area contributed by atoms with Crippen LogP contribution >= 0.6 is 11.8 Å². The quantitative estimate of drug-likeness (QED) is 0.403. The maximum absolute atomic E-state index is 13.5. The van der Waals surface area contributed by atoms with Crippen LogP contribution in [0.1, 0.15) is 23.7 Å². The molecule has 1 atom stereocenters. The van der Waals surface area contributed by atoms with Crippen molar-refractivity contribution in [1.82, 2.24) is 24.6 Å². The number of rotatable bonds is 6. The number of pyridine rings is 1. The van der Waals surface area contributed by atoms with E-state index in [9.17, 15) is 4.79 Å². The van der Waals surface area contributed by atoms with Crippen molar-refractivity contribution in [2.45, 2.75) is 23.2 Å². The molecule has 32 heavy (non-hydrogen) atoms. The molecule has 6 nitrogen and oxygen atoms in total. The third-order valence-electron chi connectivity index (χ3n) is 5.54. The lowest BCUT2D eigenvalue weighted by Gasteiger charge is -2.23. The SMILES string of the molecule is O=C([C@@H](Sc1nnc(-c2cccnc2)n1-c1ccccc1)c1ccccc1)N1CCCC1. The van der Waals surface area contributed by atoms with E-state index in [4.69, 9.17) is 0 Å². The smallest absolute Gasteiger partial charge is 0.240 e. The highest BCUT2D eigenvalue weighted by molar-refractivity contribution is 8.00. The number of hydrogen-bond acceptors (Lipinski definition) is 5. The zero-order chi connectivity index (χ0) is 21.8. The first-order chi connectivity index (χ1) is 15.8. The van der Waals surface area contributed by atoms with Gasteiger partial charge in [-0.15, -0.1) is 10.2 Å². The van der Waals surface area contributed by atoms with Crippen molar-refractivity contribution >= 4 is 17.7 Å². The molecule has 0 radical (unpaired) electrons. The van der Waals surface area contributed by atoms with E-state index in [2.05, 4.69) is 15.2 Å². The maximum Gasteiger partial charge on any atom is 0.240 e. The van der Waals surface area contributed by atoms with E-state index < -0.39 is 0 Å². The number of likely N-dealkylation sites (tertiary alicyclic amines) is 1. The molecule has 5 rings (SSSR count). The second-order valence-electron chi connectivity index (χ2n) is 7.66. The van der Waals surface area contributed by atoms with Crippen LogP contribution in [-0.4, -0.2) is 43.6 Å². The molecule has 1 saturated heterocycles. The van der Waals surface area contributed by atoms with Crippen LogP contribution in [-0.2, 0) is 4.79 Å². The van der Waals surface area contributed by atoms with Crippen LogP contribution in [0.5, 0.6) is 0 Å². The number of aromatic nitrogens is 4. The van der Waals surface area contributed by atoms with Gasteiger partial charge in [0, 0.05) is 36.7 Å². The zero-order valence-electron chi connectivity index (χ0n) is 17.5. The second kappa shape index (κ2) is 9.36. The van der Waals surface area contributed by atoms with Gasteiger partial charge in [0.15, 0.2) is 11.0 Å². The van der Waals surface area contributed by atoms with E-state index in [1.54, 1.807) is 12.4 Å². The Bertz CT molecular complexity index is 1170. The minimum absolute atomic E-state index is 0.129. The lowest BCUT2D eigenvalue weighted by atomic mass is 10.1. The average molecular weight is 442 g/mol. The van der Waals surface area contributed by atoms with Crippen molar-refractivity contribution in [3.05, 3.63) is 90.8 Å². The van der Waals surface area contributed by atoms with E-state index in [-0.39, 0.29) is 11.2 Å². The van der Waals surface area contributed by atoms with Crippen molar-refractivity contribution in [3.63, 3.8) is 0 Å². The van der Waals surface area contributed by atoms with Gasteiger partial charge in [-0.25, -0.2) is 0 Å². The van der Waals surface area contributed by atoms with Crippen LogP contribution in [0.4, 0.5) is 0 Å². The van der Waals surface area contributed by atoms with E-state index in [1.165, 1.54) is 11.8 Å². The number of carbonyl (C=O) groups is 1. The zero-order valence-corrected chi connectivity index (χ0v) is 18.4. The van der Waals surface area contributed by atoms with Crippen molar-refractivity contribution in [1.29, 1.82) is 0 Å². The Labute approximate surface area is 191 Å². The number of carbonyl (C=O) groups excluding carboxylic acids is 1. The third kappa shape index (κ3) is 4.16. The van der Waals surface area contributed by atoms with Crippen LogP contribution in [0.25, 0.3) is 17.1 Å². The molecule has 3 heterocycles. The molecule has 4 aromatic rings. The summed E-state index contributed by atoms with van der Waals surface area (Å²) < 4.78 is 2.01. The van der Waals surface area contributed by atoms with E-state index in [0.717, 1.165) is 42.7 Å². The van der Waals surface area contributed by atoms with Crippen LogP contribution in [0.3, 0.4) is 0 Å². The molecular weight excluding hydrogens is 418 g/mol. The molecule has 2 aromatic carbocycles. The summed E-state index contributed by atoms with van der Waals surface area (Å²) in [6.45, 7) is 1.63. The fraction of sp³-hybridized carbons (Fsp3) is 0.200. The Morgan fingerprint density at radius 1 is 0.875 bits per heavy atom. The molecule has 1 fully saturated rings. The lowest BCUT2D eigenvalue weighted by molar-refractivity contribution is -0.129. The molecule has 160 valence electrons. The van der Waals surface area contributed by atoms with Gasteiger partial charge >= 0.3 is 0 Å². The molecule has 0 bridgehead atoms. The number of benzene rings is 2. The predicted octanol–water partition coefficient (Wildman–Crippen LogP) is 4.79. The fourth-order valence-corrected chi connectivity index (χ4v) is 5.07. The maximum atomic E-state index is 13.5. The van der Waals surface area contributed by atoms with Gasteiger partial charge < -0.3 is 4.90 Å². The first-order valence-electron chi connectivity index (χ1n) is 10.7. The Morgan fingerprint density at radius 3 is 2.28 bits per heavy atom. The molecule has 7 heteroatoms. The average Bonchev–Trinajstić information content (AvgIpc) is 3.54. The number of hydrogen-bond donors (Lipinski definition) is 0. The van der Waals surface area contributed by atoms with Gasteiger partial charge in [0.05, 0.1) is 0 Å². The molecule has 0 spiro atoms. The standard InChI is InChI=1S/C25H23N5OS/c31-24(29-16-7-8-17-29)22(19-10-3-1-4-11-19)32-25-28-27-23(20-12-9-15-26-18-20)30(25)21-13-5-2-6-14-21/h1-6,9-15,18,22H,7-8,16-17H2/t22-/m0/s1. The molecule has 1 amide bonds. The molecule has 1 aliphatic heterocycles. The summed E-state index contributed by atoms with van der Waals surface area (Å²) in [5, 5.41) is 9.31. The molecular formula is C25H23N5OS. The highest BCUT2D eigenvalue weighted by Crippen LogP contribution is 2.39. The van der Waals surface area contributed by atoms with Crippen LogP contribution in [0.2, 0.25) is 0 Å². The van der Waals surface area contributed by atoms with Crippen LogP contribution in [0.15, 0.2) is 90.3 Å². The first kappa shape index (κ1) is 20.5. The van der Waals surface area contributed by atoms with E-state index in [1.807, 2.05) is 82.3 Å². The Hall–Kier alpha value is -3.45. The number of thioether (sulfide) groups is 1. The Balaban J connectivity index is 1.58. The molecule has 2 aromatic heterocycles. The van der Waals surface area contributed by atoms with Crippen LogP contribution < -0.4 is 0 Å². The summed E-state index contributed by atoms with van der Waals surface area (Å²) in [7, 11) is 0. The first-order valence-corrected chi connectivity index (χ1v) is 11.6. The van der Waals surface area contributed by atoms with Gasteiger partial charge in [0.25, 0.3) is 0 Å². The summed E-state index contributed by atoms with van der Waals surface area (Å²) in [6, 6.07) is 23.8. The highest BCUT2D eigenvalue weighted by atomic mass is 32.2. The van der Waals surface area contributed by atoms with Gasteiger partial charge in [-0.2, -0.15) is 0 Å². The Morgan fingerprint density at radius 2 is 1.59 bits per heavy atom. The van der Waals surface area contributed by atoms with Gasteiger partial charge in [-0.05, 0) is 42.7 Å². The van der Waals surface area contributed by atoms with Gasteiger partial charge in [-0.1, -0.05) is 60.3 Å².